The molecule has 7 nitrogen and oxygen atoms in total. The fourth-order valence-corrected chi connectivity index (χ4v) is 6.43. The Balaban J connectivity index is 1.32. The highest BCUT2D eigenvalue weighted by Crippen LogP contribution is 2.33. The van der Waals surface area contributed by atoms with Crippen molar-refractivity contribution in [3.63, 3.8) is 0 Å². The quantitative estimate of drug-likeness (QED) is 0.392. The molecule has 0 saturated carbocycles. The van der Waals surface area contributed by atoms with E-state index in [1.807, 2.05) is 55.5 Å². The Morgan fingerprint density at radius 2 is 1.74 bits per heavy atom. The maximum Gasteiger partial charge on any atom is 0.264 e. The summed E-state index contributed by atoms with van der Waals surface area (Å²) in [5.41, 5.74) is 3.80. The van der Waals surface area contributed by atoms with Crippen LogP contribution in [0, 0.1) is 6.92 Å². The summed E-state index contributed by atoms with van der Waals surface area (Å²) in [6.45, 7) is 2.35. The molecular weight excluding hydrogens is 482 g/mol. The molecule has 0 unspecified atom stereocenters. The first kappa shape index (κ1) is 23.1. The molecule has 2 heterocycles. The van der Waals surface area contributed by atoms with Crippen LogP contribution in [-0.4, -0.2) is 33.0 Å². The number of thiazole rings is 1. The molecule has 1 aliphatic rings. The predicted octanol–water partition coefficient (Wildman–Crippen LogP) is 5.13. The number of rotatable bonds is 6. The number of carbonyl (C=O) groups is 1. The van der Waals surface area contributed by atoms with Crippen LogP contribution in [0.5, 0.6) is 5.75 Å². The second kappa shape index (κ2) is 9.16. The molecule has 0 fully saturated rings. The molecule has 1 N–H and O–H groups in total. The van der Waals surface area contributed by atoms with Gasteiger partial charge < -0.3 is 4.74 Å². The van der Waals surface area contributed by atoms with Crippen molar-refractivity contribution in [3.05, 3.63) is 88.8 Å². The lowest BCUT2D eigenvalue weighted by Crippen LogP contribution is -2.29. The van der Waals surface area contributed by atoms with Gasteiger partial charge in [-0.25, -0.2) is 13.4 Å². The van der Waals surface area contributed by atoms with Gasteiger partial charge in [-0.1, -0.05) is 18.2 Å². The first-order chi connectivity index (χ1) is 16.9. The van der Waals surface area contributed by atoms with Gasteiger partial charge in [0.1, 0.15) is 5.75 Å². The van der Waals surface area contributed by atoms with E-state index in [2.05, 4.69) is 10.3 Å². The molecule has 178 valence electrons. The lowest BCUT2D eigenvalue weighted by atomic mass is 10.1. The van der Waals surface area contributed by atoms with Crippen LogP contribution in [0.15, 0.2) is 77.7 Å². The van der Waals surface area contributed by atoms with Crippen LogP contribution in [0.25, 0.3) is 11.3 Å². The number of benzene rings is 3. The number of fused-ring (bicyclic) bond motifs is 1. The fraction of sp³-hybridized carbons (Fsp3) is 0.154. The topological polar surface area (TPSA) is 88.6 Å². The molecule has 3 aromatic carbocycles. The van der Waals surface area contributed by atoms with Gasteiger partial charge in [-0.3, -0.25) is 14.4 Å². The van der Waals surface area contributed by atoms with E-state index in [0.29, 0.717) is 29.3 Å². The Morgan fingerprint density at radius 1 is 1.03 bits per heavy atom. The minimum absolute atomic E-state index is 0.151. The monoisotopic (exact) mass is 505 g/mol. The fourth-order valence-electron chi connectivity index (χ4n) is 4.10. The zero-order chi connectivity index (χ0) is 24.6. The summed E-state index contributed by atoms with van der Waals surface area (Å²) >= 11 is 1.38. The largest absolute Gasteiger partial charge is 0.497 e. The minimum Gasteiger partial charge on any atom is -0.497 e. The van der Waals surface area contributed by atoms with Crippen molar-refractivity contribution in [2.45, 2.75) is 18.2 Å². The average molecular weight is 506 g/mol. The standard InChI is InChI=1S/C26H23N3O4S2/c1-17-24(19-7-11-21(33-2)12-8-19)27-26(34-17)28-25(30)20-9-13-22(14-10-20)35(31,32)29-16-15-18-5-3-4-6-23(18)29/h3-14H,15-16H2,1-2H3,(H,27,28,30). The summed E-state index contributed by atoms with van der Waals surface area (Å²) in [6.07, 6.45) is 0.682. The van der Waals surface area contributed by atoms with Crippen molar-refractivity contribution in [2.24, 2.45) is 0 Å². The van der Waals surface area contributed by atoms with Crippen LogP contribution in [0.2, 0.25) is 0 Å². The molecule has 0 bridgehead atoms. The predicted molar refractivity (Wildman–Crippen MR) is 138 cm³/mol. The Morgan fingerprint density at radius 3 is 2.46 bits per heavy atom. The van der Waals surface area contributed by atoms with Gasteiger partial charge in [0, 0.05) is 22.5 Å². The van der Waals surface area contributed by atoms with E-state index in [0.717, 1.165) is 27.4 Å². The maximum atomic E-state index is 13.2. The number of amides is 1. The number of para-hydroxylation sites is 1. The normalized spacial score (nSPS) is 12.9. The van der Waals surface area contributed by atoms with Crippen molar-refractivity contribution >= 4 is 38.1 Å². The van der Waals surface area contributed by atoms with Crippen molar-refractivity contribution in [3.8, 4) is 17.0 Å². The van der Waals surface area contributed by atoms with Gasteiger partial charge in [0.25, 0.3) is 15.9 Å². The van der Waals surface area contributed by atoms with E-state index < -0.39 is 10.0 Å². The molecule has 0 radical (unpaired) electrons. The molecule has 1 aliphatic heterocycles. The average Bonchev–Trinajstić information content (AvgIpc) is 3.48. The minimum atomic E-state index is -3.71. The summed E-state index contributed by atoms with van der Waals surface area (Å²) in [6, 6.07) is 21.1. The second-order valence-corrected chi connectivity index (χ2v) is 11.2. The Bertz CT molecular complexity index is 1490. The van der Waals surface area contributed by atoms with Gasteiger partial charge >= 0.3 is 0 Å². The van der Waals surface area contributed by atoms with E-state index in [1.54, 1.807) is 7.11 Å². The van der Waals surface area contributed by atoms with Crippen LogP contribution in [0.4, 0.5) is 10.8 Å². The van der Waals surface area contributed by atoms with Crippen LogP contribution in [0.1, 0.15) is 20.8 Å². The maximum absolute atomic E-state index is 13.2. The molecule has 35 heavy (non-hydrogen) atoms. The number of nitrogens with one attached hydrogen (secondary N) is 1. The molecule has 0 spiro atoms. The number of ether oxygens (including phenoxy) is 1. The highest BCUT2D eigenvalue weighted by atomic mass is 32.2. The van der Waals surface area contributed by atoms with Crippen molar-refractivity contribution in [1.82, 2.24) is 4.98 Å². The molecule has 4 aromatic rings. The van der Waals surface area contributed by atoms with Gasteiger partial charge in [0.2, 0.25) is 0 Å². The Hall–Kier alpha value is -3.69. The second-order valence-electron chi connectivity index (χ2n) is 8.09. The summed E-state index contributed by atoms with van der Waals surface area (Å²) < 4.78 is 33.0. The van der Waals surface area contributed by atoms with Gasteiger partial charge in [0.05, 0.1) is 23.4 Å². The van der Waals surface area contributed by atoms with E-state index in [9.17, 15) is 13.2 Å². The zero-order valence-corrected chi connectivity index (χ0v) is 20.8. The summed E-state index contributed by atoms with van der Waals surface area (Å²) in [4.78, 5) is 18.5. The Labute approximate surface area is 208 Å². The van der Waals surface area contributed by atoms with Gasteiger partial charge in [-0.05, 0) is 73.5 Å². The molecule has 9 heteroatoms. The Kier molecular flexibility index (Phi) is 6.04. The zero-order valence-electron chi connectivity index (χ0n) is 19.2. The molecule has 0 aliphatic carbocycles. The highest BCUT2D eigenvalue weighted by Gasteiger charge is 2.30. The number of anilines is 2. The molecule has 5 rings (SSSR count). The van der Waals surface area contributed by atoms with Crippen LogP contribution in [-0.2, 0) is 16.4 Å². The lowest BCUT2D eigenvalue weighted by Gasteiger charge is -2.19. The number of sulfonamides is 1. The van der Waals surface area contributed by atoms with Gasteiger partial charge in [0.15, 0.2) is 5.13 Å². The third-order valence-electron chi connectivity index (χ3n) is 5.93. The molecule has 1 aromatic heterocycles. The SMILES string of the molecule is COc1ccc(-c2nc(NC(=O)c3ccc(S(=O)(=O)N4CCc5ccccc54)cc3)sc2C)cc1. The highest BCUT2D eigenvalue weighted by molar-refractivity contribution is 7.92. The van der Waals surface area contributed by atoms with Crippen LogP contribution in [0.3, 0.4) is 0 Å². The third-order valence-corrected chi connectivity index (χ3v) is 8.64. The molecule has 0 saturated heterocycles. The molecular formula is C26H23N3O4S2. The van der Waals surface area contributed by atoms with Crippen molar-refractivity contribution in [2.75, 3.05) is 23.3 Å². The van der Waals surface area contributed by atoms with Crippen LogP contribution >= 0.6 is 11.3 Å². The van der Waals surface area contributed by atoms with Crippen molar-refractivity contribution < 1.29 is 17.9 Å². The number of aryl methyl sites for hydroxylation is 1. The number of methoxy groups -OCH3 is 1. The number of hydrogen-bond donors (Lipinski definition) is 1. The summed E-state index contributed by atoms with van der Waals surface area (Å²) in [5, 5.41) is 3.30. The van der Waals surface area contributed by atoms with Gasteiger partial charge in [-0.15, -0.1) is 11.3 Å². The summed E-state index contributed by atoms with van der Waals surface area (Å²) in [7, 11) is -2.09. The first-order valence-electron chi connectivity index (χ1n) is 11.0. The molecule has 1 amide bonds. The summed E-state index contributed by atoms with van der Waals surface area (Å²) in [5.74, 6) is 0.407. The number of carbonyl (C=O) groups excluding carboxylic acids is 1. The lowest BCUT2D eigenvalue weighted by molar-refractivity contribution is 0.102. The number of aromatic nitrogens is 1. The van der Waals surface area contributed by atoms with E-state index in [-0.39, 0.29) is 10.8 Å². The number of nitrogens with zero attached hydrogens (tertiary/aromatic N) is 2. The molecule has 0 atom stereocenters. The first-order valence-corrected chi connectivity index (χ1v) is 13.3. The van der Waals surface area contributed by atoms with Crippen molar-refractivity contribution in [1.29, 1.82) is 0 Å². The van der Waals surface area contributed by atoms with E-state index in [1.165, 1.54) is 39.9 Å². The number of hydrogen-bond acceptors (Lipinski definition) is 6. The smallest absolute Gasteiger partial charge is 0.264 e. The van der Waals surface area contributed by atoms with E-state index >= 15 is 0 Å². The van der Waals surface area contributed by atoms with Gasteiger partial charge in [-0.2, -0.15) is 0 Å². The van der Waals surface area contributed by atoms with Crippen LogP contribution < -0.4 is 14.4 Å². The third kappa shape index (κ3) is 4.40. The van der Waals surface area contributed by atoms with E-state index in [4.69, 9.17) is 4.74 Å².